The van der Waals surface area contributed by atoms with Crippen molar-refractivity contribution in [2.45, 2.75) is 25.1 Å². The van der Waals surface area contributed by atoms with Crippen LogP contribution < -0.4 is 15.1 Å². The van der Waals surface area contributed by atoms with Crippen LogP contribution in [0.5, 0.6) is 0 Å². The van der Waals surface area contributed by atoms with Crippen LogP contribution in [0.2, 0.25) is 0 Å². The summed E-state index contributed by atoms with van der Waals surface area (Å²) in [5.74, 6) is -1.10. The van der Waals surface area contributed by atoms with Gasteiger partial charge >= 0.3 is 6.18 Å². The highest BCUT2D eigenvalue weighted by molar-refractivity contribution is 5.82. The molecule has 0 aromatic heterocycles. The van der Waals surface area contributed by atoms with Crippen LogP contribution in [0.3, 0.4) is 0 Å². The molecule has 5 nitrogen and oxygen atoms in total. The third-order valence-corrected chi connectivity index (χ3v) is 6.39. The van der Waals surface area contributed by atoms with Gasteiger partial charge in [0.2, 0.25) is 5.91 Å². The van der Waals surface area contributed by atoms with Gasteiger partial charge in [-0.2, -0.15) is 13.2 Å². The highest BCUT2D eigenvalue weighted by Gasteiger charge is 2.43. The van der Waals surface area contributed by atoms with E-state index in [2.05, 4.69) is 5.32 Å². The Morgan fingerprint density at radius 3 is 2.67 bits per heavy atom. The number of benzene rings is 2. The van der Waals surface area contributed by atoms with Gasteiger partial charge in [-0.05, 0) is 48.7 Å². The normalized spacial score (nSPS) is 20.3. The summed E-state index contributed by atoms with van der Waals surface area (Å²) in [6.07, 6.45) is -3.62. The van der Waals surface area contributed by atoms with Crippen LogP contribution in [-0.2, 0) is 22.1 Å². The number of carbonyl (C=O) groups is 1. The molecule has 178 valence electrons. The summed E-state index contributed by atoms with van der Waals surface area (Å²) in [6.45, 7) is 2.30. The maximum Gasteiger partial charge on any atom is 0.416 e. The molecular formula is C24H27F4N3O2. The van der Waals surface area contributed by atoms with Crippen molar-refractivity contribution in [2.24, 2.45) is 5.92 Å². The number of ether oxygens (including phenoxy) is 1. The van der Waals surface area contributed by atoms with Crippen molar-refractivity contribution in [2.75, 3.05) is 49.7 Å². The lowest BCUT2D eigenvalue weighted by atomic mass is 9.82. The molecule has 1 amide bonds. The van der Waals surface area contributed by atoms with Crippen LogP contribution in [0.25, 0.3) is 0 Å². The number of para-hydroxylation sites is 1. The number of halogens is 4. The summed E-state index contributed by atoms with van der Waals surface area (Å²) < 4.78 is 59.4. The Bertz CT molecular complexity index is 998. The molecule has 4 rings (SSSR count). The summed E-state index contributed by atoms with van der Waals surface area (Å²) in [7, 11) is 1.58. The molecule has 2 aliphatic rings. The molecule has 2 atom stereocenters. The van der Waals surface area contributed by atoms with E-state index in [1.54, 1.807) is 25.3 Å². The van der Waals surface area contributed by atoms with E-state index in [0.717, 1.165) is 12.1 Å². The van der Waals surface area contributed by atoms with Gasteiger partial charge < -0.3 is 19.9 Å². The first-order valence-corrected chi connectivity index (χ1v) is 11.0. The minimum Gasteiger partial charge on any atom is -0.385 e. The zero-order valence-electron chi connectivity index (χ0n) is 18.4. The minimum absolute atomic E-state index is 0.196. The number of nitrogens with zero attached hydrogens (tertiary/aromatic N) is 2. The van der Waals surface area contributed by atoms with Gasteiger partial charge in [-0.3, -0.25) is 4.79 Å². The van der Waals surface area contributed by atoms with Crippen molar-refractivity contribution in [3.8, 4) is 0 Å². The molecule has 9 heteroatoms. The van der Waals surface area contributed by atoms with Gasteiger partial charge in [-0.15, -0.1) is 0 Å². The first-order valence-electron chi connectivity index (χ1n) is 11.0. The Balaban J connectivity index is 1.63. The molecule has 33 heavy (non-hydrogen) atoms. The predicted octanol–water partition coefficient (Wildman–Crippen LogP) is 3.86. The summed E-state index contributed by atoms with van der Waals surface area (Å²) in [6, 6.07) is 9.94. The second kappa shape index (κ2) is 9.59. The first kappa shape index (κ1) is 23.4. The van der Waals surface area contributed by atoms with Gasteiger partial charge in [0.05, 0.1) is 23.2 Å². The summed E-state index contributed by atoms with van der Waals surface area (Å²) in [5.41, 5.74) is 0.973. The van der Waals surface area contributed by atoms with Crippen LogP contribution in [0.15, 0.2) is 42.5 Å². The van der Waals surface area contributed by atoms with Crippen LogP contribution in [0, 0.1) is 11.7 Å². The minimum atomic E-state index is -4.45. The summed E-state index contributed by atoms with van der Waals surface area (Å²) in [5, 5.41) is 2.90. The van der Waals surface area contributed by atoms with E-state index < -0.39 is 17.7 Å². The van der Waals surface area contributed by atoms with Crippen molar-refractivity contribution < 1.29 is 27.1 Å². The summed E-state index contributed by atoms with van der Waals surface area (Å²) >= 11 is 0. The van der Waals surface area contributed by atoms with E-state index in [1.165, 1.54) is 12.1 Å². The Morgan fingerprint density at radius 2 is 1.94 bits per heavy atom. The Morgan fingerprint density at radius 1 is 1.15 bits per heavy atom. The van der Waals surface area contributed by atoms with Gasteiger partial charge in [-0.25, -0.2) is 4.39 Å². The van der Waals surface area contributed by atoms with E-state index in [9.17, 15) is 22.4 Å². The molecule has 0 spiro atoms. The Kier molecular flexibility index (Phi) is 6.78. The highest BCUT2D eigenvalue weighted by Crippen LogP contribution is 2.40. The lowest BCUT2D eigenvalue weighted by Gasteiger charge is -2.49. The quantitative estimate of drug-likeness (QED) is 0.520. The zero-order chi connectivity index (χ0) is 23.6. The van der Waals surface area contributed by atoms with Crippen molar-refractivity contribution in [1.82, 2.24) is 5.32 Å². The number of hydrogen-bond acceptors (Lipinski definition) is 4. The number of nitrogens with one attached hydrogen (secondary N) is 1. The average Bonchev–Trinajstić information content (AvgIpc) is 2.80. The number of rotatable bonds is 6. The van der Waals surface area contributed by atoms with Gasteiger partial charge in [0, 0.05) is 45.6 Å². The lowest BCUT2D eigenvalue weighted by Crippen LogP contribution is -2.61. The number of piperazine rings is 1. The monoisotopic (exact) mass is 465 g/mol. The van der Waals surface area contributed by atoms with E-state index in [-0.39, 0.29) is 24.2 Å². The third-order valence-electron chi connectivity index (χ3n) is 6.39. The Labute approximate surface area is 190 Å². The molecule has 0 saturated carbocycles. The van der Waals surface area contributed by atoms with Gasteiger partial charge in [0.1, 0.15) is 5.82 Å². The predicted molar refractivity (Wildman–Crippen MR) is 118 cm³/mol. The fraction of sp³-hybridized carbons (Fsp3) is 0.458. The fourth-order valence-electron chi connectivity index (χ4n) is 4.79. The molecule has 0 unspecified atom stereocenters. The molecular weight excluding hydrogens is 438 g/mol. The van der Waals surface area contributed by atoms with Gasteiger partial charge in [0.15, 0.2) is 0 Å². The molecule has 0 radical (unpaired) electrons. The molecule has 0 bridgehead atoms. The number of alkyl halides is 3. The maximum atomic E-state index is 14.4. The van der Waals surface area contributed by atoms with E-state index >= 15 is 0 Å². The van der Waals surface area contributed by atoms with Crippen molar-refractivity contribution in [3.63, 3.8) is 0 Å². The number of carbonyl (C=O) groups excluding carboxylic acids is 1. The van der Waals surface area contributed by atoms with Crippen LogP contribution in [0.4, 0.5) is 28.9 Å². The topological polar surface area (TPSA) is 44.8 Å². The number of fused-ring (bicyclic) bond motifs is 3. The van der Waals surface area contributed by atoms with Crippen LogP contribution in [0.1, 0.15) is 17.5 Å². The second-order valence-corrected chi connectivity index (χ2v) is 8.45. The van der Waals surface area contributed by atoms with Gasteiger partial charge in [-0.1, -0.05) is 12.1 Å². The second-order valence-electron chi connectivity index (χ2n) is 8.45. The number of amides is 1. The summed E-state index contributed by atoms with van der Waals surface area (Å²) in [4.78, 5) is 17.0. The zero-order valence-corrected chi connectivity index (χ0v) is 18.4. The van der Waals surface area contributed by atoms with Crippen LogP contribution >= 0.6 is 0 Å². The lowest BCUT2D eigenvalue weighted by molar-refractivity contribution is -0.137. The van der Waals surface area contributed by atoms with Gasteiger partial charge in [0.25, 0.3) is 0 Å². The van der Waals surface area contributed by atoms with E-state index in [1.807, 2.05) is 9.80 Å². The van der Waals surface area contributed by atoms with E-state index in [4.69, 9.17) is 4.74 Å². The SMILES string of the molecule is COCCCNC(=O)[C@@H]1Cc2cc(C(F)(F)F)ccc2N2CCN(c3ccccc3F)C[C@H]12. The molecule has 0 aliphatic carbocycles. The molecule has 2 aromatic carbocycles. The van der Waals surface area contributed by atoms with Crippen LogP contribution in [-0.4, -0.2) is 51.8 Å². The molecule has 1 N–H and O–H groups in total. The molecule has 1 saturated heterocycles. The number of anilines is 2. The molecule has 2 heterocycles. The third kappa shape index (κ3) is 4.93. The van der Waals surface area contributed by atoms with Crippen molar-refractivity contribution in [1.29, 1.82) is 0 Å². The first-order chi connectivity index (χ1) is 15.8. The fourth-order valence-corrected chi connectivity index (χ4v) is 4.79. The molecule has 2 aromatic rings. The van der Waals surface area contributed by atoms with E-state index in [0.29, 0.717) is 56.1 Å². The standard InChI is InChI=1S/C24H27F4N3O2/c1-33-12-4-9-29-23(32)18-14-16-13-17(24(26,27)28)7-8-20(16)31-11-10-30(15-22(18)31)21-6-3-2-5-19(21)25/h2-3,5-8,13,18,22H,4,9-12,14-15H2,1H3,(H,29,32)/t18-,22-/m1/s1. The molecule has 2 aliphatic heterocycles. The Hall–Kier alpha value is -2.81. The number of hydrogen-bond donors (Lipinski definition) is 1. The number of methoxy groups -OCH3 is 1. The molecule has 1 fully saturated rings. The average molecular weight is 465 g/mol. The highest BCUT2D eigenvalue weighted by atomic mass is 19.4. The van der Waals surface area contributed by atoms with Crippen molar-refractivity contribution >= 4 is 17.3 Å². The maximum absolute atomic E-state index is 14.4. The smallest absolute Gasteiger partial charge is 0.385 e. The van der Waals surface area contributed by atoms with Crippen molar-refractivity contribution in [3.05, 3.63) is 59.4 Å². The largest absolute Gasteiger partial charge is 0.416 e.